The third kappa shape index (κ3) is 4.06. The van der Waals surface area contributed by atoms with Crippen LogP contribution in [0.15, 0.2) is 71.3 Å². The number of carbonyl (C=O) groups is 1. The first-order chi connectivity index (χ1) is 15.2. The second kappa shape index (κ2) is 8.30. The van der Waals surface area contributed by atoms with Gasteiger partial charge in [0.25, 0.3) is 5.91 Å². The van der Waals surface area contributed by atoms with E-state index in [0.29, 0.717) is 30.3 Å². The average Bonchev–Trinajstić information content (AvgIpc) is 3.28. The fourth-order valence-electron chi connectivity index (χ4n) is 4.13. The zero-order valence-electron chi connectivity index (χ0n) is 17.0. The number of aromatic nitrogens is 2. The Morgan fingerprint density at radius 1 is 1.06 bits per heavy atom. The standard InChI is InChI=1S/C25H22FN3O2/c26-19-11-8-17(9-12-19)15-20-16-27-24(31-20)23-7-3-4-14-29(23)25(30)22-13-10-18-5-1-2-6-21(18)28-22/h1-2,5-6,8-13,16,23H,3-4,7,14-15H2. The van der Waals surface area contributed by atoms with Gasteiger partial charge in [0.1, 0.15) is 23.3 Å². The molecule has 4 aromatic rings. The van der Waals surface area contributed by atoms with Crippen LogP contribution in [0, 0.1) is 5.82 Å². The second-order valence-corrected chi connectivity index (χ2v) is 7.87. The van der Waals surface area contributed by atoms with E-state index in [1.54, 1.807) is 24.4 Å². The number of rotatable bonds is 4. The van der Waals surface area contributed by atoms with Crippen molar-refractivity contribution in [2.45, 2.75) is 31.7 Å². The lowest BCUT2D eigenvalue weighted by molar-refractivity contribution is 0.0564. The lowest BCUT2D eigenvalue weighted by Gasteiger charge is -2.33. The number of pyridine rings is 1. The predicted octanol–water partition coefficient (Wildman–Crippen LogP) is 5.32. The van der Waals surface area contributed by atoms with E-state index in [9.17, 15) is 9.18 Å². The first-order valence-corrected chi connectivity index (χ1v) is 10.5. The van der Waals surface area contributed by atoms with Gasteiger partial charge < -0.3 is 9.32 Å². The minimum atomic E-state index is -0.263. The molecule has 3 heterocycles. The molecule has 5 rings (SSSR count). The maximum absolute atomic E-state index is 13.3. The number of amides is 1. The minimum Gasteiger partial charge on any atom is -0.443 e. The predicted molar refractivity (Wildman–Crippen MR) is 115 cm³/mol. The van der Waals surface area contributed by atoms with Crippen molar-refractivity contribution < 1.29 is 13.6 Å². The lowest BCUT2D eigenvalue weighted by Crippen LogP contribution is -2.39. The summed E-state index contributed by atoms with van der Waals surface area (Å²) in [5, 5.41) is 1.01. The van der Waals surface area contributed by atoms with Gasteiger partial charge in [0.2, 0.25) is 5.89 Å². The molecule has 1 atom stereocenters. The number of hydrogen-bond donors (Lipinski definition) is 0. The minimum absolute atomic E-state index is 0.103. The van der Waals surface area contributed by atoms with Crippen LogP contribution >= 0.6 is 0 Å². The Hall–Kier alpha value is -3.54. The van der Waals surface area contributed by atoms with Crippen LogP contribution in [0.1, 0.15) is 53.0 Å². The Labute approximate surface area is 179 Å². The van der Waals surface area contributed by atoms with Crippen LogP contribution in [0.4, 0.5) is 4.39 Å². The fourth-order valence-corrected chi connectivity index (χ4v) is 4.13. The Kier molecular flexibility index (Phi) is 5.20. The molecular formula is C25H22FN3O2. The Bertz CT molecular complexity index is 1220. The van der Waals surface area contributed by atoms with E-state index in [1.165, 1.54) is 12.1 Å². The molecule has 0 bridgehead atoms. The maximum Gasteiger partial charge on any atom is 0.273 e. The van der Waals surface area contributed by atoms with Crippen molar-refractivity contribution in [1.29, 1.82) is 0 Å². The first kappa shape index (κ1) is 19.4. The average molecular weight is 415 g/mol. The molecular weight excluding hydrogens is 393 g/mol. The summed E-state index contributed by atoms with van der Waals surface area (Å²) in [6.45, 7) is 0.647. The normalized spacial score (nSPS) is 16.5. The van der Waals surface area contributed by atoms with Crippen molar-refractivity contribution in [3.8, 4) is 0 Å². The van der Waals surface area contributed by atoms with Gasteiger partial charge in [-0.25, -0.2) is 14.4 Å². The van der Waals surface area contributed by atoms with Gasteiger partial charge in [-0.2, -0.15) is 0 Å². The molecule has 0 aliphatic carbocycles. The van der Waals surface area contributed by atoms with Crippen LogP contribution in [-0.2, 0) is 6.42 Å². The van der Waals surface area contributed by atoms with Crippen molar-refractivity contribution in [2.75, 3.05) is 6.54 Å². The van der Waals surface area contributed by atoms with Crippen molar-refractivity contribution in [2.24, 2.45) is 0 Å². The van der Waals surface area contributed by atoms with E-state index in [4.69, 9.17) is 4.42 Å². The summed E-state index contributed by atoms with van der Waals surface area (Å²) in [6, 6.07) is 17.6. The van der Waals surface area contributed by atoms with Gasteiger partial charge in [-0.3, -0.25) is 4.79 Å². The molecule has 2 aromatic heterocycles. The number of likely N-dealkylation sites (tertiary alicyclic amines) is 1. The molecule has 1 unspecified atom stereocenters. The topological polar surface area (TPSA) is 59.2 Å². The number of halogens is 1. The van der Waals surface area contributed by atoms with E-state index >= 15 is 0 Å². The van der Waals surface area contributed by atoms with Gasteiger partial charge in [-0.1, -0.05) is 36.4 Å². The van der Waals surface area contributed by atoms with Crippen LogP contribution < -0.4 is 0 Å². The van der Waals surface area contributed by atoms with Gasteiger partial charge >= 0.3 is 0 Å². The first-order valence-electron chi connectivity index (χ1n) is 10.5. The second-order valence-electron chi connectivity index (χ2n) is 7.87. The van der Waals surface area contributed by atoms with Crippen LogP contribution in [0.5, 0.6) is 0 Å². The Morgan fingerprint density at radius 3 is 2.77 bits per heavy atom. The number of para-hydroxylation sites is 1. The highest BCUT2D eigenvalue weighted by atomic mass is 19.1. The zero-order valence-corrected chi connectivity index (χ0v) is 17.0. The summed E-state index contributed by atoms with van der Waals surface area (Å²) in [4.78, 5) is 24.2. The van der Waals surface area contributed by atoms with Crippen molar-refractivity contribution >= 4 is 16.8 Å². The molecule has 1 saturated heterocycles. The molecule has 6 heteroatoms. The maximum atomic E-state index is 13.3. The summed E-state index contributed by atoms with van der Waals surface area (Å²) < 4.78 is 19.2. The molecule has 1 aliphatic heterocycles. The molecule has 0 saturated carbocycles. The van der Waals surface area contributed by atoms with Crippen LogP contribution in [-0.4, -0.2) is 27.3 Å². The van der Waals surface area contributed by atoms with Gasteiger partial charge in [0.05, 0.1) is 11.7 Å². The van der Waals surface area contributed by atoms with Crippen molar-refractivity contribution in [1.82, 2.24) is 14.9 Å². The summed E-state index contributed by atoms with van der Waals surface area (Å²) in [5.74, 6) is 0.878. The molecule has 0 N–H and O–H groups in total. The zero-order chi connectivity index (χ0) is 21.2. The number of nitrogens with zero attached hydrogens (tertiary/aromatic N) is 3. The highest BCUT2D eigenvalue weighted by molar-refractivity contribution is 5.95. The van der Waals surface area contributed by atoms with E-state index in [-0.39, 0.29) is 17.8 Å². The SMILES string of the molecule is O=C(c1ccc2ccccc2n1)N1CCCCC1c1ncc(Cc2ccc(F)cc2)o1. The van der Waals surface area contributed by atoms with E-state index in [2.05, 4.69) is 9.97 Å². The van der Waals surface area contributed by atoms with Gasteiger partial charge in [0.15, 0.2) is 0 Å². The number of carbonyl (C=O) groups excluding carboxylic acids is 1. The number of piperidine rings is 1. The van der Waals surface area contributed by atoms with Crippen LogP contribution in [0.3, 0.4) is 0 Å². The molecule has 1 amide bonds. The molecule has 1 aliphatic rings. The van der Waals surface area contributed by atoms with E-state index < -0.39 is 0 Å². The molecule has 5 nitrogen and oxygen atoms in total. The highest BCUT2D eigenvalue weighted by Gasteiger charge is 2.32. The monoisotopic (exact) mass is 415 g/mol. The van der Waals surface area contributed by atoms with Crippen molar-refractivity contribution in [3.05, 3.63) is 95.6 Å². The quantitative estimate of drug-likeness (QED) is 0.453. The Morgan fingerprint density at radius 2 is 1.90 bits per heavy atom. The number of hydrogen-bond acceptors (Lipinski definition) is 4. The molecule has 31 heavy (non-hydrogen) atoms. The molecule has 0 spiro atoms. The summed E-state index contributed by atoms with van der Waals surface area (Å²) in [6.07, 6.45) is 4.98. The third-order valence-corrected chi connectivity index (χ3v) is 5.73. The third-order valence-electron chi connectivity index (χ3n) is 5.73. The van der Waals surface area contributed by atoms with Gasteiger partial charge in [-0.05, 0) is 49.1 Å². The molecule has 0 radical (unpaired) electrons. The lowest BCUT2D eigenvalue weighted by atomic mass is 10.0. The van der Waals surface area contributed by atoms with Crippen molar-refractivity contribution in [3.63, 3.8) is 0 Å². The van der Waals surface area contributed by atoms with E-state index in [1.807, 2.05) is 35.2 Å². The number of benzene rings is 2. The van der Waals surface area contributed by atoms with Gasteiger partial charge in [-0.15, -0.1) is 0 Å². The Balaban J connectivity index is 1.38. The largest absolute Gasteiger partial charge is 0.443 e. The summed E-state index contributed by atoms with van der Waals surface area (Å²) in [5.41, 5.74) is 2.18. The van der Waals surface area contributed by atoms with E-state index in [0.717, 1.165) is 35.7 Å². The molecule has 156 valence electrons. The van der Waals surface area contributed by atoms with Crippen LogP contribution in [0.2, 0.25) is 0 Å². The number of oxazole rings is 1. The molecule has 1 fully saturated rings. The smallest absolute Gasteiger partial charge is 0.273 e. The fraction of sp³-hybridized carbons (Fsp3) is 0.240. The summed E-state index contributed by atoms with van der Waals surface area (Å²) in [7, 11) is 0. The number of fused-ring (bicyclic) bond motifs is 1. The molecule has 2 aromatic carbocycles. The summed E-state index contributed by atoms with van der Waals surface area (Å²) >= 11 is 0. The highest BCUT2D eigenvalue weighted by Crippen LogP contribution is 2.32. The van der Waals surface area contributed by atoms with Crippen LogP contribution in [0.25, 0.3) is 10.9 Å². The van der Waals surface area contributed by atoms with Gasteiger partial charge in [0, 0.05) is 18.4 Å².